The molecule has 0 fully saturated rings. The molecule has 106 valence electrons. The van der Waals surface area contributed by atoms with E-state index in [0.29, 0.717) is 6.04 Å². The van der Waals surface area contributed by atoms with Gasteiger partial charge in [0.1, 0.15) is 4.88 Å². The Morgan fingerprint density at radius 3 is 2.10 bits per heavy atom. The minimum absolute atomic E-state index is 0.499. The zero-order valence-corrected chi connectivity index (χ0v) is 13.5. The summed E-state index contributed by atoms with van der Waals surface area (Å²) in [4.78, 5) is 1.36. The topological polar surface area (TPSA) is 3.88 Å². The summed E-state index contributed by atoms with van der Waals surface area (Å²) in [7, 11) is 0. The molecular weight excluding hydrogens is 274 g/mol. The standard InChI is InChI=1S/C19H20NS/c1-14(2)20-13-21-19(15(20)3)18-12-8-7-11-17(18)16-9-5-4-6-10-16/h4-14H,1-3H3/q+1. The van der Waals surface area contributed by atoms with Crippen LogP contribution in [-0.4, -0.2) is 0 Å². The summed E-state index contributed by atoms with van der Waals surface area (Å²) in [5.41, 5.74) is 7.48. The van der Waals surface area contributed by atoms with E-state index in [2.05, 4.69) is 85.4 Å². The summed E-state index contributed by atoms with van der Waals surface area (Å²) in [6, 6.07) is 19.8. The van der Waals surface area contributed by atoms with Gasteiger partial charge in [-0.1, -0.05) is 65.9 Å². The van der Waals surface area contributed by atoms with Crippen LogP contribution in [0.1, 0.15) is 25.6 Å². The lowest BCUT2D eigenvalue weighted by Crippen LogP contribution is -2.36. The highest BCUT2D eigenvalue weighted by Crippen LogP contribution is 2.35. The summed E-state index contributed by atoms with van der Waals surface area (Å²) in [6.07, 6.45) is 0. The lowest BCUT2D eigenvalue weighted by molar-refractivity contribution is -0.716. The third kappa shape index (κ3) is 2.64. The van der Waals surface area contributed by atoms with Crippen molar-refractivity contribution in [3.05, 3.63) is 65.8 Å². The lowest BCUT2D eigenvalue weighted by Gasteiger charge is -2.08. The molecule has 1 aromatic heterocycles. The first-order valence-corrected chi connectivity index (χ1v) is 8.20. The van der Waals surface area contributed by atoms with Crippen molar-refractivity contribution in [2.75, 3.05) is 0 Å². The van der Waals surface area contributed by atoms with Crippen molar-refractivity contribution in [2.45, 2.75) is 26.8 Å². The Hall–Kier alpha value is -1.93. The zero-order chi connectivity index (χ0) is 14.8. The molecule has 0 bridgehead atoms. The first-order chi connectivity index (χ1) is 10.2. The van der Waals surface area contributed by atoms with Crippen LogP contribution in [0.2, 0.25) is 0 Å². The molecule has 1 heterocycles. The maximum Gasteiger partial charge on any atom is 0.225 e. The Bertz CT molecular complexity index is 741. The second-order valence-corrected chi connectivity index (χ2v) is 6.41. The van der Waals surface area contributed by atoms with E-state index in [-0.39, 0.29) is 0 Å². The van der Waals surface area contributed by atoms with E-state index in [1.54, 1.807) is 0 Å². The van der Waals surface area contributed by atoms with E-state index in [0.717, 1.165) is 0 Å². The van der Waals surface area contributed by atoms with Gasteiger partial charge in [0, 0.05) is 12.5 Å². The number of nitrogens with zero attached hydrogens (tertiary/aromatic N) is 1. The van der Waals surface area contributed by atoms with Gasteiger partial charge in [0.15, 0.2) is 11.7 Å². The highest BCUT2D eigenvalue weighted by atomic mass is 32.1. The van der Waals surface area contributed by atoms with Crippen LogP contribution in [0.4, 0.5) is 0 Å². The van der Waals surface area contributed by atoms with Crippen molar-refractivity contribution in [2.24, 2.45) is 0 Å². The fraction of sp³-hybridized carbons (Fsp3) is 0.211. The number of aromatic nitrogens is 1. The van der Waals surface area contributed by atoms with E-state index in [1.165, 1.54) is 27.3 Å². The first-order valence-electron chi connectivity index (χ1n) is 7.32. The van der Waals surface area contributed by atoms with Crippen molar-refractivity contribution < 1.29 is 4.57 Å². The van der Waals surface area contributed by atoms with E-state index in [4.69, 9.17) is 0 Å². The predicted molar refractivity (Wildman–Crippen MR) is 90.5 cm³/mol. The summed E-state index contributed by atoms with van der Waals surface area (Å²) >= 11 is 1.83. The van der Waals surface area contributed by atoms with E-state index in [9.17, 15) is 0 Å². The maximum absolute atomic E-state index is 2.35. The zero-order valence-electron chi connectivity index (χ0n) is 12.7. The maximum atomic E-state index is 2.35. The van der Waals surface area contributed by atoms with Gasteiger partial charge in [-0.25, -0.2) is 0 Å². The first kappa shape index (κ1) is 14.0. The van der Waals surface area contributed by atoms with Gasteiger partial charge in [-0.2, -0.15) is 4.57 Å². The SMILES string of the molecule is Cc1c(-c2ccccc2-c2ccccc2)sc[n+]1C(C)C. The van der Waals surface area contributed by atoms with Crippen LogP contribution in [0.15, 0.2) is 60.1 Å². The highest BCUT2D eigenvalue weighted by Gasteiger charge is 2.21. The number of hydrogen-bond acceptors (Lipinski definition) is 1. The molecule has 0 N–H and O–H groups in total. The monoisotopic (exact) mass is 294 g/mol. The Kier molecular flexibility index (Phi) is 3.89. The largest absolute Gasteiger partial charge is 0.225 e. The molecule has 0 saturated carbocycles. The van der Waals surface area contributed by atoms with Crippen molar-refractivity contribution >= 4 is 11.3 Å². The molecule has 2 aromatic carbocycles. The minimum Gasteiger partial charge on any atom is -0.190 e. The molecule has 0 saturated heterocycles. The van der Waals surface area contributed by atoms with Crippen molar-refractivity contribution in [1.29, 1.82) is 0 Å². The van der Waals surface area contributed by atoms with Gasteiger partial charge < -0.3 is 0 Å². The Labute approximate surface area is 130 Å². The average molecular weight is 294 g/mol. The molecule has 0 aliphatic carbocycles. The summed E-state index contributed by atoms with van der Waals surface area (Å²) < 4.78 is 2.35. The molecule has 0 unspecified atom stereocenters. The van der Waals surface area contributed by atoms with E-state index >= 15 is 0 Å². The fourth-order valence-corrected chi connectivity index (χ4v) is 3.91. The highest BCUT2D eigenvalue weighted by molar-refractivity contribution is 7.13. The molecule has 0 spiro atoms. The number of rotatable bonds is 3. The molecule has 0 amide bonds. The normalized spacial score (nSPS) is 11.0. The molecule has 0 radical (unpaired) electrons. The molecule has 0 aliphatic heterocycles. The van der Waals surface area contributed by atoms with Gasteiger partial charge in [0.25, 0.3) is 0 Å². The van der Waals surface area contributed by atoms with Gasteiger partial charge in [-0.3, -0.25) is 0 Å². The van der Waals surface area contributed by atoms with Crippen LogP contribution < -0.4 is 4.57 Å². The van der Waals surface area contributed by atoms with E-state index in [1.807, 2.05) is 11.3 Å². The second kappa shape index (κ2) is 5.82. The van der Waals surface area contributed by atoms with Gasteiger partial charge in [0.05, 0.1) is 0 Å². The third-order valence-electron chi connectivity index (χ3n) is 3.81. The van der Waals surface area contributed by atoms with Crippen LogP contribution in [-0.2, 0) is 0 Å². The number of hydrogen-bond donors (Lipinski definition) is 0. The van der Waals surface area contributed by atoms with Crippen LogP contribution in [0.5, 0.6) is 0 Å². The van der Waals surface area contributed by atoms with Gasteiger partial charge in [-0.05, 0) is 25.0 Å². The summed E-state index contributed by atoms with van der Waals surface area (Å²) in [5, 5.41) is 0. The van der Waals surface area contributed by atoms with Crippen molar-refractivity contribution in [3.8, 4) is 21.6 Å². The van der Waals surface area contributed by atoms with Crippen LogP contribution >= 0.6 is 11.3 Å². The molecule has 3 rings (SSSR count). The fourth-order valence-electron chi connectivity index (χ4n) is 2.71. The summed E-state index contributed by atoms with van der Waals surface area (Å²) in [5.74, 6) is 0. The van der Waals surface area contributed by atoms with Gasteiger partial charge in [0.2, 0.25) is 5.51 Å². The Morgan fingerprint density at radius 2 is 1.48 bits per heavy atom. The molecule has 21 heavy (non-hydrogen) atoms. The molecule has 3 aromatic rings. The molecule has 0 atom stereocenters. The van der Waals surface area contributed by atoms with Crippen LogP contribution in [0.3, 0.4) is 0 Å². The molecular formula is C19H20NS+. The average Bonchev–Trinajstić information content (AvgIpc) is 2.90. The van der Waals surface area contributed by atoms with E-state index < -0.39 is 0 Å². The third-order valence-corrected chi connectivity index (χ3v) is 4.90. The van der Waals surface area contributed by atoms with Crippen molar-refractivity contribution in [3.63, 3.8) is 0 Å². The predicted octanol–water partition coefficient (Wildman–Crippen LogP) is 5.26. The number of benzene rings is 2. The Balaban J connectivity index is 2.16. The molecule has 0 aliphatic rings. The Morgan fingerprint density at radius 1 is 0.857 bits per heavy atom. The molecule has 1 nitrogen and oxygen atoms in total. The van der Waals surface area contributed by atoms with Crippen LogP contribution in [0.25, 0.3) is 21.6 Å². The van der Waals surface area contributed by atoms with Crippen molar-refractivity contribution in [1.82, 2.24) is 0 Å². The second-order valence-electron chi connectivity index (χ2n) is 5.55. The molecule has 2 heteroatoms. The quantitative estimate of drug-likeness (QED) is 0.580. The van der Waals surface area contributed by atoms with Crippen LogP contribution in [0, 0.1) is 6.92 Å². The van der Waals surface area contributed by atoms with Gasteiger partial charge >= 0.3 is 0 Å². The van der Waals surface area contributed by atoms with Gasteiger partial charge in [-0.15, -0.1) is 0 Å². The smallest absolute Gasteiger partial charge is 0.190 e. The number of thiazole rings is 1. The lowest BCUT2D eigenvalue weighted by atomic mass is 9.98. The summed E-state index contributed by atoms with van der Waals surface area (Å²) in [6.45, 7) is 6.67. The minimum atomic E-state index is 0.499.